The molecule has 13 nitrogen and oxygen atoms in total. The molecule has 0 saturated heterocycles. The summed E-state index contributed by atoms with van der Waals surface area (Å²) in [7, 11) is 6.31. The number of thiophene rings is 1. The molecule has 0 fully saturated rings. The largest absolute Gasteiger partial charge is 1.00 e. The zero-order valence-electron chi connectivity index (χ0n) is 71.0. The molecule has 0 saturated carbocycles. The summed E-state index contributed by atoms with van der Waals surface area (Å²) in [6.45, 7) is 10.7. The van der Waals surface area contributed by atoms with Crippen molar-refractivity contribution in [1.82, 2.24) is 22.0 Å². The third-order valence-electron chi connectivity index (χ3n) is 22.9. The monoisotopic (exact) mass is 1730 g/mol. The number of carbonyl (C=O) groups is 2. The van der Waals surface area contributed by atoms with Gasteiger partial charge in [-0.2, -0.15) is 0 Å². The summed E-state index contributed by atoms with van der Waals surface area (Å²) in [4.78, 5) is 24.2. The van der Waals surface area contributed by atoms with E-state index in [4.69, 9.17) is 23.7 Å². The molecule has 0 spiro atoms. The summed E-state index contributed by atoms with van der Waals surface area (Å²) in [5.41, 5.74) is 27.6. The molecular weight excluding hydrogens is 1640 g/mol. The van der Waals surface area contributed by atoms with Crippen LogP contribution in [0, 0.1) is 34.6 Å². The number of rotatable bonds is 20. The van der Waals surface area contributed by atoms with Gasteiger partial charge in [-0.25, -0.2) is 0 Å². The molecule has 0 unspecified atom stereocenters. The van der Waals surface area contributed by atoms with Crippen molar-refractivity contribution in [3.8, 4) is 84.4 Å². The van der Waals surface area contributed by atoms with E-state index >= 15 is 0 Å². The van der Waals surface area contributed by atoms with Crippen molar-refractivity contribution >= 4 is 86.8 Å². The molecule has 124 heavy (non-hydrogen) atoms. The van der Waals surface area contributed by atoms with Crippen LogP contribution in [0.2, 0.25) is 0 Å². The number of halogens is 1. The molecule has 0 bridgehead atoms. The van der Waals surface area contributed by atoms with E-state index in [1.54, 1.807) is 35.5 Å². The van der Waals surface area contributed by atoms with Crippen LogP contribution in [0.4, 0.5) is 0 Å². The number of methoxy groups -OCH3 is 5. The lowest BCUT2D eigenvalue weighted by atomic mass is 10.0. The molecule has 8 aromatic carbocycles. The first-order valence-electron chi connectivity index (χ1n) is 40.7. The maximum Gasteiger partial charge on any atom is 0.167 e. The summed E-state index contributed by atoms with van der Waals surface area (Å²) in [6.07, 6.45) is 19.4. The minimum absolute atomic E-state index is 0. The zero-order valence-corrected chi connectivity index (χ0v) is 74.3. The van der Waals surface area contributed by atoms with Gasteiger partial charge in [-0.3, -0.25) is 9.59 Å². The molecule has 0 aliphatic heterocycles. The summed E-state index contributed by atoms with van der Waals surface area (Å²) >= 11 is 1.49. The molecule has 19 rings (SSSR count). The lowest BCUT2D eigenvalue weighted by Crippen LogP contribution is -3.00. The number of aryl methyl sites for hydroxylation is 5. The number of nitrogens with zero attached hydrogens (tertiary/aromatic N) is 5. The van der Waals surface area contributed by atoms with Crippen LogP contribution in [-0.4, -0.2) is 75.2 Å². The summed E-state index contributed by atoms with van der Waals surface area (Å²) < 4.78 is 37.1. The van der Waals surface area contributed by atoms with Crippen molar-refractivity contribution in [3.05, 3.63) is 413 Å². The number of ether oxygens (including phenoxy) is 5. The predicted octanol–water partition coefficient (Wildman–Crippen LogP) is 21.5. The molecule has 620 valence electrons. The number of hydrogen-bond acceptors (Lipinski definition) is 9. The average Bonchev–Trinajstić information content (AvgIpc) is 1.67. The van der Waals surface area contributed by atoms with Gasteiger partial charge in [-0.05, 0) is 272 Å². The van der Waals surface area contributed by atoms with E-state index < -0.39 is 7.26 Å². The lowest BCUT2D eigenvalue weighted by molar-refractivity contribution is -0.0000384. The number of carbonyl (C=O) groups excluding carboxylic acids is 2. The zero-order chi connectivity index (χ0) is 85.5. The molecule has 1 N–H and O–H groups in total. The van der Waals surface area contributed by atoms with Gasteiger partial charge in [0.15, 0.2) is 12.6 Å². The fourth-order valence-electron chi connectivity index (χ4n) is 16.8. The van der Waals surface area contributed by atoms with Crippen LogP contribution in [0.1, 0.15) is 69.9 Å². The van der Waals surface area contributed by atoms with Crippen LogP contribution in [0.25, 0.3) is 95.4 Å². The molecule has 19 aromatic rings. The highest BCUT2D eigenvalue weighted by Crippen LogP contribution is 2.60. The van der Waals surface area contributed by atoms with Gasteiger partial charge in [-0.15, -0.1) is 11.3 Å². The van der Waals surface area contributed by atoms with E-state index in [1.165, 1.54) is 99.6 Å². The highest BCUT2D eigenvalue weighted by Gasteiger charge is 2.47. The Bertz CT molecular complexity index is 6780. The van der Waals surface area contributed by atoms with Crippen molar-refractivity contribution in [2.75, 3.05) is 35.5 Å². The molecular formula is C108H97BrN5O8PS. The van der Waals surface area contributed by atoms with Crippen molar-refractivity contribution in [3.63, 3.8) is 0 Å². The van der Waals surface area contributed by atoms with Crippen LogP contribution in [0.5, 0.6) is 28.7 Å². The Kier molecular flexibility index (Phi) is 27.8. The number of pyridine rings is 5. The van der Waals surface area contributed by atoms with Gasteiger partial charge in [0, 0.05) is 97.5 Å². The molecule has 0 aliphatic carbocycles. The van der Waals surface area contributed by atoms with E-state index in [1.807, 2.05) is 151 Å². The first kappa shape index (κ1) is 86.6. The number of benzene rings is 8. The van der Waals surface area contributed by atoms with Crippen LogP contribution < -0.4 is 56.6 Å². The smallest absolute Gasteiger partial charge is 0.167 e. The molecule has 0 radical (unpaired) electrons. The Morgan fingerprint density at radius 3 is 1.02 bits per heavy atom. The van der Waals surface area contributed by atoms with Crippen LogP contribution in [0.3, 0.4) is 0 Å². The van der Waals surface area contributed by atoms with Gasteiger partial charge in [0.25, 0.3) is 0 Å². The second kappa shape index (κ2) is 39.8. The fourth-order valence-corrected chi connectivity index (χ4v) is 21.8. The van der Waals surface area contributed by atoms with E-state index in [9.17, 15) is 14.7 Å². The van der Waals surface area contributed by atoms with Crippen molar-refractivity contribution in [1.29, 1.82) is 0 Å². The minimum atomic E-state index is -2.07. The quantitative estimate of drug-likeness (QED) is 0.0591. The van der Waals surface area contributed by atoms with E-state index in [0.29, 0.717) is 5.69 Å². The first-order valence-corrected chi connectivity index (χ1v) is 43.5. The maximum absolute atomic E-state index is 11.5. The van der Waals surface area contributed by atoms with Gasteiger partial charge in [-0.1, -0.05) is 146 Å². The van der Waals surface area contributed by atoms with Crippen LogP contribution >= 0.6 is 18.6 Å². The molecule has 11 aromatic heterocycles. The number of fused-ring (bicyclic) bond motifs is 5. The Balaban J connectivity index is 0.000000130. The van der Waals surface area contributed by atoms with E-state index in [0.717, 1.165) is 113 Å². The number of hydrogen-bond donors (Lipinski definition) is 1. The maximum atomic E-state index is 11.5. The predicted molar refractivity (Wildman–Crippen MR) is 509 cm³/mol. The van der Waals surface area contributed by atoms with Gasteiger partial charge in [0.1, 0.15) is 58.1 Å². The molecule has 0 amide bonds. The summed E-state index contributed by atoms with van der Waals surface area (Å²) in [5, 5.41) is 13.9. The van der Waals surface area contributed by atoms with Gasteiger partial charge in [0.05, 0.1) is 69.8 Å². The third kappa shape index (κ3) is 17.8. The average molecular weight is 1740 g/mol. The Morgan fingerprint density at radius 2 is 0.637 bits per heavy atom. The summed E-state index contributed by atoms with van der Waals surface area (Å²) in [6, 6.07) is 109. The van der Waals surface area contributed by atoms with Crippen LogP contribution in [0.15, 0.2) is 353 Å². The Labute approximate surface area is 739 Å². The SMILES string of the molecule is COc1ccc(-c2c(C)c3ccccn3c2/C=C/c2ccc(C=O)s2)cc1.COc1ccc(-c2c(C)c3ccccn3c2C=O)cc1.COc1ccc(-c2c(C)c3ccccn3c2CO)cc1.COc1ccc(-c2c(C)c3ccccn3c2C[P+](c2ccccc2)(c2ccccc2)c2ccccc2)cc1.COc1ccc(-c2cn3ccccc3c2C)cc1.[Br-]. The number of aldehydes is 2. The first-order chi connectivity index (χ1) is 60.2. The Hall–Kier alpha value is -13.8. The van der Waals surface area contributed by atoms with E-state index in [2.05, 4.69) is 270 Å². The lowest BCUT2D eigenvalue weighted by Gasteiger charge is -2.28. The fraction of sp³-hybridized carbons (Fsp3) is 0.111. The highest BCUT2D eigenvalue weighted by atomic mass is 79.9. The van der Waals surface area contributed by atoms with Gasteiger partial charge >= 0.3 is 0 Å². The van der Waals surface area contributed by atoms with Crippen molar-refractivity contribution in [2.24, 2.45) is 0 Å². The number of aliphatic hydroxyl groups is 1. The van der Waals surface area contributed by atoms with Crippen molar-refractivity contribution < 1.29 is 55.4 Å². The number of aliphatic hydroxyl groups excluding tert-OH is 1. The van der Waals surface area contributed by atoms with Gasteiger partial charge < -0.3 is 67.8 Å². The molecule has 11 heterocycles. The van der Waals surface area contributed by atoms with Crippen LogP contribution in [-0.2, 0) is 12.8 Å². The normalized spacial score (nSPS) is 11.1. The standard InChI is InChI=1S/C35H31NOP.C23H19NO2S.C17H17NO2.C17H15NO2.C16H15NO.BrH/c1-27-33-20-12-13-25-36(33)34(35(27)28-21-23-29(37-2)24-22-28)26-38(30-14-6-3-7-15-30,31-16-8-4-9-17-31)32-18-10-5-11-19-32;1-16-21-5-3-4-14-24(21)22(13-12-19-10-11-20(15-25)27-19)23(16)17-6-8-18(26-2)9-7-17;2*1-12-15-5-3-4-10-18(15)16(11-19)17(12)13-6-8-14(20-2)9-7-13;1-12-15(11-17-10-4-3-5-16(12)17)13-6-8-14(18-2)9-7-13;/h3-25H,26H2,1-2H3;3-15H,1-2H3;3-10,19H,11H2,1-2H3;3-11H,1-2H3;3-11H,1-2H3;1H/q+1;;;;;/p-1/b;13-12+;;;;. The molecule has 0 aliphatic rings. The summed E-state index contributed by atoms with van der Waals surface area (Å²) in [5.74, 6) is 4.25. The molecule has 0 atom stereocenters. The second-order valence-corrected chi connectivity index (χ2v) is 34.4. The van der Waals surface area contributed by atoms with Gasteiger partial charge in [0.2, 0.25) is 0 Å². The number of aromatic nitrogens is 5. The highest BCUT2D eigenvalue weighted by molar-refractivity contribution is 7.95. The topological polar surface area (TPSA) is 123 Å². The van der Waals surface area contributed by atoms with E-state index in [-0.39, 0.29) is 23.6 Å². The Morgan fingerprint density at radius 1 is 0.315 bits per heavy atom. The second-order valence-electron chi connectivity index (χ2n) is 29.7. The van der Waals surface area contributed by atoms with Crippen molar-refractivity contribution in [2.45, 2.75) is 47.4 Å². The minimum Gasteiger partial charge on any atom is -1.00 e. The molecule has 16 heteroatoms. The third-order valence-corrected chi connectivity index (χ3v) is 28.2.